The van der Waals surface area contributed by atoms with Crippen LogP contribution in [0, 0.1) is 0 Å². The van der Waals surface area contributed by atoms with Gasteiger partial charge in [-0.15, -0.1) is 11.8 Å². The molecule has 0 saturated carbocycles. The molecule has 156 valence electrons. The summed E-state index contributed by atoms with van der Waals surface area (Å²) in [4.78, 5) is 27.4. The summed E-state index contributed by atoms with van der Waals surface area (Å²) in [5.41, 5.74) is 1.76. The number of carbonyl (C=O) groups excluding carboxylic acids is 2. The number of carbonyl (C=O) groups is 2. The zero-order valence-corrected chi connectivity index (χ0v) is 19.0. The molecular weight excluding hydrogens is 404 g/mol. The molecule has 0 aromatic heterocycles. The number of thioether (sulfide) groups is 1. The lowest BCUT2D eigenvalue weighted by Gasteiger charge is -2.31. The molecular formula is C23H29ClN2O2S. The van der Waals surface area contributed by atoms with Gasteiger partial charge in [0.1, 0.15) is 6.04 Å². The van der Waals surface area contributed by atoms with Gasteiger partial charge in [0.05, 0.1) is 5.75 Å². The van der Waals surface area contributed by atoms with E-state index >= 15 is 0 Å². The summed E-state index contributed by atoms with van der Waals surface area (Å²) in [6.45, 7) is 7.99. The van der Waals surface area contributed by atoms with Crippen LogP contribution in [0.25, 0.3) is 0 Å². The maximum absolute atomic E-state index is 13.0. The van der Waals surface area contributed by atoms with Gasteiger partial charge < -0.3 is 10.2 Å². The first-order valence-corrected chi connectivity index (χ1v) is 11.2. The lowest BCUT2D eigenvalue weighted by atomic mass is 10.1. The van der Waals surface area contributed by atoms with Crippen LogP contribution in [0.4, 0.5) is 0 Å². The molecule has 0 unspecified atom stereocenters. The highest BCUT2D eigenvalue weighted by atomic mass is 35.5. The molecule has 0 saturated heterocycles. The zero-order chi connectivity index (χ0) is 21.4. The summed E-state index contributed by atoms with van der Waals surface area (Å²) in [7, 11) is 0. The predicted molar refractivity (Wildman–Crippen MR) is 122 cm³/mol. The van der Waals surface area contributed by atoms with E-state index in [1.807, 2.05) is 75.4 Å². The monoisotopic (exact) mass is 432 g/mol. The molecule has 6 heteroatoms. The Morgan fingerprint density at radius 3 is 2.24 bits per heavy atom. The van der Waals surface area contributed by atoms with Gasteiger partial charge in [0, 0.05) is 22.9 Å². The molecule has 0 bridgehead atoms. The van der Waals surface area contributed by atoms with Gasteiger partial charge in [-0.1, -0.05) is 54.1 Å². The Hall–Kier alpha value is -1.98. The summed E-state index contributed by atoms with van der Waals surface area (Å²) in [6.07, 6.45) is 0. The van der Waals surface area contributed by atoms with Gasteiger partial charge in [0.25, 0.3) is 0 Å². The Kier molecular flexibility index (Phi) is 8.60. The van der Waals surface area contributed by atoms with Crippen molar-refractivity contribution in [3.05, 3.63) is 70.7 Å². The van der Waals surface area contributed by atoms with Gasteiger partial charge in [-0.2, -0.15) is 0 Å². The van der Waals surface area contributed by atoms with Crippen LogP contribution in [0.5, 0.6) is 0 Å². The topological polar surface area (TPSA) is 49.4 Å². The van der Waals surface area contributed by atoms with Crippen LogP contribution < -0.4 is 5.32 Å². The van der Waals surface area contributed by atoms with Crippen molar-refractivity contribution in [1.29, 1.82) is 0 Å². The van der Waals surface area contributed by atoms with Gasteiger partial charge in [-0.3, -0.25) is 9.59 Å². The van der Waals surface area contributed by atoms with E-state index in [9.17, 15) is 9.59 Å². The van der Waals surface area contributed by atoms with Crippen molar-refractivity contribution in [1.82, 2.24) is 10.2 Å². The fourth-order valence-electron chi connectivity index (χ4n) is 2.76. The van der Waals surface area contributed by atoms with E-state index in [4.69, 9.17) is 11.6 Å². The van der Waals surface area contributed by atoms with E-state index in [-0.39, 0.29) is 17.4 Å². The summed E-state index contributed by atoms with van der Waals surface area (Å²) in [6, 6.07) is 16.8. The van der Waals surface area contributed by atoms with Crippen molar-refractivity contribution in [3.63, 3.8) is 0 Å². The third-order valence-corrected chi connectivity index (χ3v) is 5.51. The molecule has 29 heavy (non-hydrogen) atoms. The summed E-state index contributed by atoms with van der Waals surface area (Å²) in [5, 5.41) is 3.67. The van der Waals surface area contributed by atoms with E-state index in [0.717, 1.165) is 11.1 Å². The van der Waals surface area contributed by atoms with Crippen LogP contribution in [0.3, 0.4) is 0 Å². The molecule has 4 nitrogen and oxygen atoms in total. The van der Waals surface area contributed by atoms with Crippen LogP contribution in [0.1, 0.15) is 38.8 Å². The van der Waals surface area contributed by atoms with Crippen molar-refractivity contribution >= 4 is 35.2 Å². The molecule has 2 rings (SSSR count). The van der Waals surface area contributed by atoms with Crippen LogP contribution in [0.2, 0.25) is 5.02 Å². The van der Waals surface area contributed by atoms with Gasteiger partial charge in [0.2, 0.25) is 11.8 Å². The number of amides is 2. The second-order valence-corrected chi connectivity index (χ2v) is 9.46. The highest BCUT2D eigenvalue weighted by Crippen LogP contribution is 2.18. The molecule has 0 heterocycles. The van der Waals surface area contributed by atoms with E-state index in [1.165, 1.54) is 11.8 Å². The molecule has 0 aliphatic rings. The highest BCUT2D eigenvalue weighted by Gasteiger charge is 2.28. The van der Waals surface area contributed by atoms with Gasteiger partial charge >= 0.3 is 0 Å². The van der Waals surface area contributed by atoms with Crippen LogP contribution in [-0.2, 0) is 21.9 Å². The molecule has 1 N–H and O–H groups in total. The first-order valence-electron chi connectivity index (χ1n) is 9.63. The van der Waals surface area contributed by atoms with Crippen molar-refractivity contribution in [2.75, 3.05) is 5.75 Å². The molecule has 0 spiro atoms. The lowest BCUT2D eigenvalue weighted by Crippen LogP contribution is -2.52. The van der Waals surface area contributed by atoms with Crippen molar-refractivity contribution in [3.8, 4) is 0 Å². The van der Waals surface area contributed by atoms with Crippen molar-refractivity contribution < 1.29 is 9.59 Å². The third kappa shape index (κ3) is 8.11. The largest absolute Gasteiger partial charge is 0.350 e. The Morgan fingerprint density at radius 2 is 1.66 bits per heavy atom. The SMILES string of the molecule is C[C@H](C(=O)NC(C)(C)C)N(Cc1ccccc1)C(=O)CSCc1ccc(Cl)cc1. The number of halogens is 1. The minimum absolute atomic E-state index is 0.0515. The second-order valence-electron chi connectivity index (χ2n) is 8.04. The molecule has 0 radical (unpaired) electrons. The van der Waals surface area contributed by atoms with Crippen LogP contribution in [-0.4, -0.2) is 34.0 Å². The number of nitrogens with zero attached hydrogens (tertiary/aromatic N) is 1. The quantitative estimate of drug-likeness (QED) is 0.645. The first kappa shape index (κ1) is 23.3. The Bertz CT molecular complexity index is 804. The van der Waals surface area contributed by atoms with Crippen molar-refractivity contribution in [2.45, 2.75) is 51.6 Å². The van der Waals surface area contributed by atoms with Crippen LogP contribution >= 0.6 is 23.4 Å². The Labute approximate surface area is 183 Å². The zero-order valence-electron chi connectivity index (χ0n) is 17.4. The first-order chi connectivity index (χ1) is 13.7. The number of nitrogens with one attached hydrogen (secondary N) is 1. The Balaban J connectivity index is 2.05. The standard InChI is InChI=1S/C23H29ClN2O2S/c1-17(22(28)25-23(2,3)4)26(14-18-8-6-5-7-9-18)21(27)16-29-15-19-10-12-20(24)13-11-19/h5-13,17H,14-16H2,1-4H3,(H,25,28)/t17-/m1/s1. The average molecular weight is 433 g/mol. The highest BCUT2D eigenvalue weighted by molar-refractivity contribution is 7.99. The normalized spacial score (nSPS) is 12.3. The minimum Gasteiger partial charge on any atom is -0.350 e. The number of hydrogen-bond donors (Lipinski definition) is 1. The van der Waals surface area contributed by atoms with Crippen molar-refractivity contribution in [2.24, 2.45) is 0 Å². The fraction of sp³-hybridized carbons (Fsp3) is 0.391. The predicted octanol–water partition coefficient (Wildman–Crippen LogP) is 4.91. The average Bonchev–Trinajstić information content (AvgIpc) is 2.66. The lowest BCUT2D eigenvalue weighted by molar-refractivity contribution is -0.139. The van der Waals surface area contributed by atoms with Crippen LogP contribution in [0.15, 0.2) is 54.6 Å². The molecule has 1 atom stereocenters. The maximum atomic E-state index is 13.0. The minimum atomic E-state index is -0.557. The van der Waals surface area contributed by atoms with Gasteiger partial charge in [-0.05, 0) is 51.0 Å². The number of rotatable bonds is 8. The molecule has 2 aromatic rings. The van der Waals surface area contributed by atoms with E-state index < -0.39 is 6.04 Å². The summed E-state index contributed by atoms with van der Waals surface area (Å²) in [5.74, 6) is 0.821. The smallest absolute Gasteiger partial charge is 0.242 e. The Morgan fingerprint density at radius 1 is 1.03 bits per heavy atom. The number of hydrogen-bond acceptors (Lipinski definition) is 3. The fourth-order valence-corrected chi connectivity index (χ4v) is 3.75. The van der Waals surface area contributed by atoms with Gasteiger partial charge in [0.15, 0.2) is 0 Å². The molecule has 2 aromatic carbocycles. The third-order valence-electron chi connectivity index (χ3n) is 4.27. The van der Waals surface area contributed by atoms with E-state index in [1.54, 1.807) is 11.8 Å². The van der Waals surface area contributed by atoms with E-state index in [2.05, 4.69) is 5.32 Å². The molecule has 0 aliphatic carbocycles. The molecule has 0 aliphatic heterocycles. The molecule has 2 amide bonds. The van der Waals surface area contributed by atoms with Gasteiger partial charge in [-0.25, -0.2) is 0 Å². The number of benzene rings is 2. The summed E-state index contributed by atoms with van der Waals surface area (Å²) >= 11 is 7.45. The summed E-state index contributed by atoms with van der Waals surface area (Å²) < 4.78 is 0. The van der Waals surface area contributed by atoms with E-state index in [0.29, 0.717) is 23.1 Å². The molecule has 0 fully saturated rings. The second kappa shape index (κ2) is 10.7. The maximum Gasteiger partial charge on any atom is 0.242 e.